The molecule has 138 valence electrons. The van der Waals surface area contributed by atoms with Gasteiger partial charge in [0, 0.05) is 13.3 Å². The number of hydrogen-bond donors (Lipinski definition) is 0. The van der Waals surface area contributed by atoms with Crippen LogP contribution in [0.2, 0.25) is 0 Å². The molecule has 5 nitrogen and oxygen atoms in total. The molecular weight excluding hydrogens is 350 g/mol. The molecule has 1 aliphatic carbocycles. The number of nitrogens with zero attached hydrogens (tertiary/aromatic N) is 1. The molecule has 0 spiro atoms. The molecule has 1 unspecified atom stereocenters. The van der Waals surface area contributed by atoms with Gasteiger partial charge in [-0.05, 0) is 54.7 Å². The highest BCUT2D eigenvalue weighted by Crippen LogP contribution is 2.33. The second kappa shape index (κ2) is 7.50. The Hall–Kier alpha value is -2.34. The van der Waals surface area contributed by atoms with Crippen molar-refractivity contribution in [3.05, 3.63) is 59.7 Å². The fourth-order valence-electron chi connectivity index (χ4n) is 3.33. The largest absolute Gasteiger partial charge is 0.484 e. The van der Waals surface area contributed by atoms with E-state index in [4.69, 9.17) is 4.74 Å². The molecule has 0 N–H and O–H groups in total. The summed E-state index contributed by atoms with van der Waals surface area (Å²) in [5, 5.41) is 0. The summed E-state index contributed by atoms with van der Waals surface area (Å²) >= 11 is 0. The molecule has 1 amide bonds. The quantitative estimate of drug-likeness (QED) is 0.808. The van der Waals surface area contributed by atoms with Crippen molar-refractivity contribution in [1.29, 1.82) is 0 Å². The van der Waals surface area contributed by atoms with Crippen molar-refractivity contribution in [2.45, 2.75) is 30.2 Å². The molecule has 0 radical (unpaired) electrons. The summed E-state index contributed by atoms with van der Waals surface area (Å²) in [7, 11) is -1.43. The molecule has 0 bridgehead atoms. The van der Waals surface area contributed by atoms with Crippen molar-refractivity contribution >= 4 is 15.7 Å². The minimum Gasteiger partial charge on any atom is -0.484 e. The number of benzene rings is 2. The maximum atomic E-state index is 12.6. The fourth-order valence-corrected chi connectivity index (χ4v) is 3.96. The minimum atomic E-state index is -3.24. The Morgan fingerprint density at radius 1 is 1.15 bits per heavy atom. The zero-order valence-corrected chi connectivity index (χ0v) is 15.8. The van der Waals surface area contributed by atoms with E-state index in [1.54, 1.807) is 17.0 Å². The van der Waals surface area contributed by atoms with Gasteiger partial charge in [-0.1, -0.05) is 24.3 Å². The molecule has 2 aromatic carbocycles. The Morgan fingerprint density at radius 2 is 1.85 bits per heavy atom. The zero-order chi connectivity index (χ0) is 18.7. The predicted molar refractivity (Wildman–Crippen MR) is 99.9 cm³/mol. The van der Waals surface area contributed by atoms with Crippen LogP contribution < -0.4 is 4.74 Å². The number of ether oxygens (including phenoxy) is 1. The average Bonchev–Trinajstić information content (AvgIpc) is 2.64. The van der Waals surface area contributed by atoms with E-state index in [9.17, 15) is 13.2 Å². The number of carbonyl (C=O) groups is 1. The summed E-state index contributed by atoms with van der Waals surface area (Å²) in [5.74, 6) is 0.377. The number of aryl methyl sites for hydroxylation is 1. The lowest BCUT2D eigenvalue weighted by Crippen LogP contribution is -2.36. The number of rotatable bonds is 5. The van der Waals surface area contributed by atoms with E-state index in [2.05, 4.69) is 12.1 Å². The van der Waals surface area contributed by atoms with Gasteiger partial charge in [-0.3, -0.25) is 4.79 Å². The smallest absolute Gasteiger partial charge is 0.260 e. The Labute approximate surface area is 154 Å². The molecular formula is C20H23NO4S. The molecule has 6 heteroatoms. The maximum Gasteiger partial charge on any atom is 0.260 e. The first kappa shape index (κ1) is 18.5. The van der Waals surface area contributed by atoms with Gasteiger partial charge in [0.05, 0.1) is 10.9 Å². The molecule has 1 aliphatic rings. The van der Waals surface area contributed by atoms with Crippen LogP contribution in [-0.4, -0.2) is 39.1 Å². The van der Waals surface area contributed by atoms with Gasteiger partial charge < -0.3 is 9.64 Å². The number of sulfone groups is 1. The van der Waals surface area contributed by atoms with Crippen LogP contribution in [0.4, 0.5) is 0 Å². The van der Waals surface area contributed by atoms with Crippen LogP contribution in [-0.2, 0) is 21.1 Å². The monoisotopic (exact) mass is 373 g/mol. The van der Waals surface area contributed by atoms with Gasteiger partial charge in [-0.2, -0.15) is 0 Å². The molecule has 1 atom stereocenters. The third-order valence-corrected chi connectivity index (χ3v) is 5.94. The van der Waals surface area contributed by atoms with Gasteiger partial charge in [0.25, 0.3) is 5.91 Å². The van der Waals surface area contributed by atoms with Gasteiger partial charge in [-0.25, -0.2) is 8.42 Å². The van der Waals surface area contributed by atoms with Crippen LogP contribution >= 0.6 is 0 Å². The Morgan fingerprint density at radius 3 is 2.54 bits per heavy atom. The molecule has 3 rings (SSSR count). The van der Waals surface area contributed by atoms with Gasteiger partial charge in [0.1, 0.15) is 5.75 Å². The Kier molecular flexibility index (Phi) is 5.32. The van der Waals surface area contributed by atoms with E-state index < -0.39 is 9.84 Å². The highest BCUT2D eigenvalue weighted by Gasteiger charge is 2.26. The van der Waals surface area contributed by atoms with Gasteiger partial charge in [0.2, 0.25) is 0 Å². The number of carbonyl (C=O) groups excluding carboxylic acids is 1. The van der Waals surface area contributed by atoms with Crippen LogP contribution in [0.3, 0.4) is 0 Å². The summed E-state index contributed by atoms with van der Waals surface area (Å²) in [6.07, 6.45) is 4.22. The molecule has 0 saturated carbocycles. The van der Waals surface area contributed by atoms with Crippen molar-refractivity contribution in [3.63, 3.8) is 0 Å². The van der Waals surface area contributed by atoms with Crippen LogP contribution in [0.5, 0.6) is 5.75 Å². The minimum absolute atomic E-state index is 0.0728. The predicted octanol–water partition coefficient (Wildman–Crippen LogP) is 3.00. The lowest BCUT2D eigenvalue weighted by molar-refractivity contribution is -0.134. The molecule has 26 heavy (non-hydrogen) atoms. The summed E-state index contributed by atoms with van der Waals surface area (Å²) < 4.78 is 28.5. The molecule has 0 fully saturated rings. The average molecular weight is 373 g/mol. The van der Waals surface area contributed by atoms with E-state index in [0.29, 0.717) is 5.75 Å². The molecule has 0 saturated heterocycles. The first-order valence-corrected chi connectivity index (χ1v) is 10.5. The SMILES string of the molecule is CN(C(=O)COc1ccc(S(C)(=O)=O)cc1)C1CCCc2ccccc21. The van der Waals surface area contributed by atoms with E-state index in [1.807, 2.05) is 19.2 Å². The van der Waals surface area contributed by atoms with Crippen molar-refractivity contribution < 1.29 is 17.9 Å². The van der Waals surface area contributed by atoms with Crippen LogP contribution in [0, 0.1) is 0 Å². The molecule has 0 heterocycles. The van der Waals surface area contributed by atoms with Gasteiger partial charge >= 0.3 is 0 Å². The first-order chi connectivity index (χ1) is 12.4. The summed E-state index contributed by atoms with van der Waals surface area (Å²) in [4.78, 5) is 14.5. The van der Waals surface area contributed by atoms with Crippen LogP contribution in [0.1, 0.15) is 30.0 Å². The fraction of sp³-hybridized carbons (Fsp3) is 0.350. The number of hydrogen-bond acceptors (Lipinski definition) is 4. The molecule has 2 aromatic rings. The van der Waals surface area contributed by atoms with Gasteiger partial charge in [0.15, 0.2) is 16.4 Å². The highest BCUT2D eigenvalue weighted by molar-refractivity contribution is 7.90. The van der Waals surface area contributed by atoms with Gasteiger partial charge in [-0.15, -0.1) is 0 Å². The van der Waals surface area contributed by atoms with E-state index in [0.717, 1.165) is 25.5 Å². The summed E-state index contributed by atoms with van der Waals surface area (Å²) in [6.45, 7) is -0.0760. The number of likely N-dealkylation sites (N-methyl/N-ethyl adjacent to an activating group) is 1. The van der Waals surface area contributed by atoms with Crippen LogP contribution in [0.25, 0.3) is 0 Å². The third-order valence-electron chi connectivity index (χ3n) is 4.81. The van der Waals surface area contributed by atoms with Crippen molar-refractivity contribution in [1.82, 2.24) is 4.90 Å². The normalized spacial score (nSPS) is 16.6. The van der Waals surface area contributed by atoms with E-state index in [-0.39, 0.29) is 23.5 Å². The second-order valence-electron chi connectivity index (χ2n) is 6.64. The standard InChI is InChI=1S/C20H23NO4S/c1-21(19-9-5-7-15-6-3-4-8-18(15)19)20(22)14-25-16-10-12-17(13-11-16)26(2,23)24/h3-4,6,8,10-13,19H,5,7,9,14H2,1-2H3. The Bertz CT molecular complexity index is 890. The van der Waals surface area contributed by atoms with Crippen LogP contribution in [0.15, 0.2) is 53.4 Å². The third kappa shape index (κ3) is 4.07. The van der Waals surface area contributed by atoms with E-state index >= 15 is 0 Å². The number of amides is 1. The van der Waals surface area contributed by atoms with Crippen molar-refractivity contribution in [2.24, 2.45) is 0 Å². The van der Waals surface area contributed by atoms with Crippen molar-refractivity contribution in [3.8, 4) is 5.75 Å². The Balaban J connectivity index is 1.64. The lowest BCUT2D eigenvalue weighted by Gasteiger charge is -2.33. The molecule has 0 aromatic heterocycles. The highest BCUT2D eigenvalue weighted by atomic mass is 32.2. The second-order valence-corrected chi connectivity index (χ2v) is 8.66. The molecule has 0 aliphatic heterocycles. The zero-order valence-electron chi connectivity index (χ0n) is 15.0. The summed E-state index contributed by atoms with van der Waals surface area (Å²) in [5.41, 5.74) is 2.52. The maximum absolute atomic E-state index is 12.6. The topological polar surface area (TPSA) is 63.7 Å². The number of fused-ring (bicyclic) bond motifs is 1. The first-order valence-electron chi connectivity index (χ1n) is 8.62. The van der Waals surface area contributed by atoms with Crippen molar-refractivity contribution in [2.75, 3.05) is 19.9 Å². The lowest BCUT2D eigenvalue weighted by atomic mass is 9.87. The van der Waals surface area contributed by atoms with E-state index in [1.165, 1.54) is 23.3 Å². The summed E-state index contributed by atoms with van der Waals surface area (Å²) in [6, 6.07) is 14.4.